The molecule has 1 atom stereocenters. The van der Waals surface area contributed by atoms with E-state index in [-0.39, 0.29) is 11.7 Å². The van der Waals surface area contributed by atoms with Gasteiger partial charge in [0.25, 0.3) is 0 Å². The van der Waals surface area contributed by atoms with Crippen LogP contribution < -0.4 is 5.73 Å². The number of hydrogen-bond donors (Lipinski definition) is 3. The first-order valence-electron chi connectivity index (χ1n) is 8.00. The van der Waals surface area contributed by atoms with Gasteiger partial charge in [-0.2, -0.15) is 0 Å². The number of aromatic hydroxyl groups is 1. The number of benzene rings is 1. The van der Waals surface area contributed by atoms with Crippen molar-refractivity contribution in [3.8, 4) is 17.0 Å². The molecule has 6 heteroatoms. The third-order valence-electron chi connectivity index (χ3n) is 4.66. The molecule has 4 N–H and O–H groups in total. The average molecular weight is 327 g/mol. The fourth-order valence-corrected chi connectivity index (χ4v) is 3.31. The maximum Gasteiger partial charge on any atom is 0.407 e. The highest BCUT2D eigenvalue weighted by Gasteiger charge is 2.26. The summed E-state index contributed by atoms with van der Waals surface area (Å²) in [6, 6.07) is 8.92. The van der Waals surface area contributed by atoms with Crippen LogP contribution in [-0.4, -0.2) is 39.3 Å². The summed E-state index contributed by atoms with van der Waals surface area (Å²) < 4.78 is 0. The number of carboxylic acid groups (broad SMARTS) is 1. The van der Waals surface area contributed by atoms with Gasteiger partial charge in [-0.15, -0.1) is 0 Å². The second-order valence-electron chi connectivity index (χ2n) is 6.19. The molecule has 3 rings (SSSR count). The first kappa shape index (κ1) is 16.1. The minimum atomic E-state index is -0.889. The van der Waals surface area contributed by atoms with Crippen molar-refractivity contribution in [1.82, 2.24) is 9.88 Å². The molecule has 1 amide bonds. The van der Waals surface area contributed by atoms with E-state index in [1.807, 2.05) is 19.1 Å². The lowest BCUT2D eigenvalue weighted by Gasteiger charge is -2.32. The predicted octanol–water partition coefficient (Wildman–Crippen LogP) is 3.20. The van der Waals surface area contributed by atoms with Gasteiger partial charge in [-0.25, -0.2) is 9.78 Å². The number of amides is 1. The highest BCUT2D eigenvalue weighted by Crippen LogP contribution is 2.35. The van der Waals surface area contributed by atoms with Crippen molar-refractivity contribution < 1.29 is 15.0 Å². The number of nitrogens with zero attached hydrogens (tertiary/aromatic N) is 2. The van der Waals surface area contributed by atoms with E-state index in [1.165, 1.54) is 4.90 Å². The molecular weight excluding hydrogens is 306 g/mol. The molecule has 1 aliphatic heterocycles. The number of hydrogen-bond acceptors (Lipinski definition) is 4. The van der Waals surface area contributed by atoms with E-state index in [9.17, 15) is 15.0 Å². The van der Waals surface area contributed by atoms with Gasteiger partial charge in [-0.05, 0) is 49.1 Å². The highest BCUT2D eigenvalue weighted by atomic mass is 16.4. The normalized spacial score (nSPS) is 17.7. The summed E-state index contributed by atoms with van der Waals surface area (Å²) in [5.41, 5.74) is 9.21. The van der Waals surface area contributed by atoms with Gasteiger partial charge in [0.05, 0.1) is 5.69 Å². The Morgan fingerprint density at radius 3 is 2.83 bits per heavy atom. The van der Waals surface area contributed by atoms with E-state index in [4.69, 9.17) is 5.73 Å². The smallest absolute Gasteiger partial charge is 0.407 e. The topological polar surface area (TPSA) is 99.7 Å². The quantitative estimate of drug-likeness (QED) is 0.786. The van der Waals surface area contributed by atoms with Crippen LogP contribution in [-0.2, 0) is 0 Å². The summed E-state index contributed by atoms with van der Waals surface area (Å²) in [6.45, 7) is 2.93. The number of anilines is 1. The van der Waals surface area contributed by atoms with Gasteiger partial charge in [0, 0.05) is 24.6 Å². The van der Waals surface area contributed by atoms with Crippen LogP contribution in [0.5, 0.6) is 5.75 Å². The molecule has 1 fully saturated rings. The van der Waals surface area contributed by atoms with E-state index >= 15 is 0 Å². The molecule has 0 spiro atoms. The number of likely N-dealkylation sites (tertiary alicyclic amines) is 1. The van der Waals surface area contributed by atoms with E-state index in [0.29, 0.717) is 30.2 Å². The van der Waals surface area contributed by atoms with Crippen molar-refractivity contribution in [2.45, 2.75) is 25.7 Å². The number of phenols is 1. The zero-order valence-electron chi connectivity index (χ0n) is 13.6. The standard InChI is InChI=1S/C18H21N3O3/c1-11-14(12-5-4-8-21(10-12)18(23)24)9-15(20-17(11)19)13-6-2-3-7-16(13)22/h2-3,6-7,9,12,22H,4-5,8,10H2,1H3,(H2,19,20)(H,23,24). The van der Waals surface area contributed by atoms with Gasteiger partial charge in [-0.1, -0.05) is 12.1 Å². The maximum absolute atomic E-state index is 11.3. The third kappa shape index (κ3) is 2.99. The summed E-state index contributed by atoms with van der Waals surface area (Å²) in [6.07, 6.45) is 0.846. The number of para-hydroxylation sites is 1. The number of rotatable bonds is 2. The Balaban J connectivity index is 2.02. The Hall–Kier alpha value is -2.76. The minimum absolute atomic E-state index is 0.0877. The third-order valence-corrected chi connectivity index (χ3v) is 4.66. The Bertz CT molecular complexity index is 776. The largest absolute Gasteiger partial charge is 0.507 e. The Morgan fingerprint density at radius 1 is 1.38 bits per heavy atom. The molecule has 1 unspecified atom stereocenters. The molecule has 1 aromatic carbocycles. The number of phenolic OH excluding ortho intramolecular Hbond substituents is 1. The molecule has 0 radical (unpaired) electrons. The Labute approximate surface area is 140 Å². The van der Waals surface area contributed by atoms with Crippen molar-refractivity contribution in [3.63, 3.8) is 0 Å². The van der Waals surface area contributed by atoms with Crippen LogP contribution in [0.2, 0.25) is 0 Å². The van der Waals surface area contributed by atoms with Crippen LogP contribution in [0.15, 0.2) is 30.3 Å². The lowest BCUT2D eigenvalue weighted by atomic mass is 9.87. The fourth-order valence-electron chi connectivity index (χ4n) is 3.31. The van der Waals surface area contributed by atoms with Gasteiger partial charge in [-0.3, -0.25) is 0 Å². The summed E-state index contributed by atoms with van der Waals surface area (Å²) in [4.78, 5) is 17.1. The van der Waals surface area contributed by atoms with Crippen LogP contribution in [0.4, 0.5) is 10.6 Å². The van der Waals surface area contributed by atoms with E-state index in [1.54, 1.807) is 18.2 Å². The molecule has 1 aromatic heterocycles. The zero-order valence-corrected chi connectivity index (χ0v) is 13.6. The van der Waals surface area contributed by atoms with Crippen molar-refractivity contribution in [2.75, 3.05) is 18.8 Å². The summed E-state index contributed by atoms with van der Waals surface area (Å²) >= 11 is 0. The molecule has 2 aromatic rings. The average Bonchev–Trinajstić information content (AvgIpc) is 2.58. The number of carbonyl (C=O) groups is 1. The molecule has 1 aliphatic rings. The van der Waals surface area contributed by atoms with Crippen LogP contribution in [0.3, 0.4) is 0 Å². The van der Waals surface area contributed by atoms with Gasteiger partial charge in [0.2, 0.25) is 0 Å². The predicted molar refractivity (Wildman–Crippen MR) is 92.1 cm³/mol. The van der Waals surface area contributed by atoms with Gasteiger partial charge < -0.3 is 20.8 Å². The first-order valence-corrected chi connectivity index (χ1v) is 8.00. The molecule has 126 valence electrons. The molecule has 2 heterocycles. The van der Waals surface area contributed by atoms with Gasteiger partial charge >= 0.3 is 6.09 Å². The summed E-state index contributed by atoms with van der Waals surface area (Å²) in [5.74, 6) is 0.651. The maximum atomic E-state index is 11.3. The number of nitrogens with two attached hydrogens (primary N) is 1. The SMILES string of the molecule is Cc1c(C2CCCN(C(=O)O)C2)cc(-c2ccccc2O)nc1N. The van der Waals surface area contributed by atoms with E-state index in [2.05, 4.69) is 4.98 Å². The molecular formula is C18H21N3O3. The minimum Gasteiger partial charge on any atom is -0.507 e. The molecule has 0 saturated carbocycles. The summed E-state index contributed by atoms with van der Waals surface area (Å²) in [7, 11) is 0. The molecule has 0 bridgehead atoms. The van der Waals surface area contributed by atoms with Crippen molar-refractivity contribution >= 4 is 11.9 Å². The van der Waals surface area contributed by atoms with Crippen LogP contribution in [0.25, 0.3) is 11.3 Å². The lowest BCUT2D eigenvalue weighted by molar-refractivity contribution is 0.130. The van der Waals surface area contributed by atoms with Crippen molar-refractivity contribution in [1.29, 1.82) is 0 Å². The number of piperidine rings is 1. The van der Waals surface area contributed by atoms with Crippen LogP contribution in [0.1, 0.15) is 29.9 Å². The van der Waals surface area contributed by atoms with E-state index < -0.39 is 6.09 Å². The molecule has 1 saturated heterocycles. The van der Waals surface area contributed by atoms with Crippen LogP contribution >= 0.6 is 0 Å². The summed E-state index contributed by atoms with van der Waals surface area (Å²) in [5, 5.41) is 19.3. The van der Waals surface area contributed by atoms with Gasteiger partial charge in [0.1, 0.15) is 11.6 Å². The zero-order chi connectivity index (χ0) is 17.3. The highest BCUT2D eigenvalue weighted by molar-refractivity contribution is 5.70. The van der Waals surface area contributed by atoms with Crippen molar-refractivity contribution in [2.24, 2.45) is 0 Å². The van der Waals surface area contributed by atoms with E-state index in [0.717, 1.165) is 24.0 Å². The van der Waals surface area contributed by atoms with Crippen molar-refractivity contribution in [3.05, 3.63) is 41.5 Å². The second-order valence-corrected chi connectivity index (χ2v) is 6.19. The molecule has 24 heavy (non-hydrogen) atoms. The van der Waals surface area contributed by atoms with Gasteiger partial charge in [0.15, 0.2) is 0 Å². The second kappa shape index (κ2) is 6.39. The molecule has 0 aliphatic carbocycles. The number of nitrogen functional groups attached to an aromatic ring is 1. The Kier molecular flexibility index (Phi) is 4.29. The fraction of sp³-hybridized carbons (Fsp3) is 0.333. The number of aromatic nitrogens is 1. The lowest BCUT2D eigenvalue weighted by Crippen LogP contribution is -2.38. The Morgan fingerprint density at radius 2 is 2.12 bits per heavy atom. The number of pyridine rings is 1. The first-order chi connectivity index (χ1) is 11.5. The molecule has 6 nitrogen and oxygen atoms in total. The monoisotopic (exact) mass is 327 g/mol. The van der Waals surface area contributed by atoms with Crippen LogP contribution in [0, 0.1) is 6.92 Å².